The van der Waals surface area contributed by atoms with Gasteiger partial charge >= 0.3 is 0 Å². The lowest BCUT2D eigenvalue weighted by Crippen LogP contribution is -2.53. The van der Waals surface area contributed by atoms with Gasteiger partial charge in [-0.3, -0.25) is 4.79 Å². The number of halogens is 1. The van der Waals surface area contributed by atoms with Gasteiger partial charge in [0.1, 0.15) is 0 Å². The van der Waals surface area contributed by atoms with Gasteiger partial charge < -0.3 is 15.0 Å². The standard InChI is InChI=1S/C10H20N2O2.ClH/c1-8(7-14-3)10(13)12-5-4-11-6-9(12)2;/h8-9,11H,4-7H2,1-3H3;1H/t8?,9-;/m1./s1. The number of hydrogen-bond acceptors (Lipinski definition) is 3. The summed E-state index contributed by atoms with van der Waals surface area (Å²) in [6.07, 6.45) is 0. The summed E-state index contributed by atoms with van der Waals surface area (Å²) in [4.78, 5) is 13.9. The van der Waals surface area contributed by atoms with Crippen molar-refractivity contribution in [1.82, 2.24) is 10.2 Å². The Balaban J connectivity index is 0.00000196. The lowest BCUT2D eigenvalue weighted by Gasteiger charge is -2.35. The molecular weight excluding hydrogens is 216 g/mol. The number of nitrogens with zero attached hydrogens (tertiary/aromatic N) is 1. The van der Waals surface area contributed by atoms with E-state index < -0.39 is 0 Å². The molecule has 90 valence electrons. The molecule has 0 aromatic carbocycles. The summed E-state index contributed by atoms with van der Waals surface area (Å²) in [7, 11) is 1.63. The number of piperazine rings is 1. The molecule has 0 aromatic heterocycles. The lowest BCUT2D eigenvalue weighted by atomic mass is 10.1. The van der Waals surface area contributed by atoms with Crippen LogP contribution in [-0.2, 0) is 9.53 Å². The van der Waals surface area contributed by atoms with E-state index in [2.05, 4.69) is 12.2 Å². The van der Waals surface area contributed by atoms with Crippen LogP contribution in [0.1, 0.15) is 13.8 Å². The Hall–Kier alpha value is -0.320. The van der Waals surface area contributed by atoms with E-state index in [0.29, 0.717) is 12.6 Å². The maximum absolute atomic E-state index is 11.9. The van der Waals surface area contributed by atoms with Crippen LogP contribution in [0.15, 0.2) is 0 Å². The number of methoxy groups -OCH3 is 1. The van der Waals surface area contributed by atoms with Crippen LogP contribution in [-0.4, -0.2) is 50.2 Å². The average Bonchev–Trinajstić information content (AvgIpc) is 2.18. The Morgan fingerprint density at radius 2 is 2.33 bits per heavy atom. The van der Waals surface area contributed by atoms with Gasteiger partial charge in [-0.1, -0.05) is 6.92 Å². The number of nitrogens with one attached hydrogen (secondary N) is 1. The Labute approximate surface area is 97.8 Å². The van der Waals surface area contributed by atoms with E-state index in [-0.39, 0.29) is 24.2 Å². The normalized spacial score (nSPS) is 23.1. The highest BCUT2D eigenvalue weighted by Crippen LogP contribution is 2.09. The summed E-state index contributed by atoms with van der Waals surface area (Å²) < 4.78 is 4.99. The van der Waals surface area contributed by atoms with Gasteiger partial charge in [0.15, 0.2) is 0 Å². The second kappa shape index (κ2) is 7.04. The zero-order valence-electron chi connectivity index (χ0n) is 9.66. The summed E-state index contributed by atoms with van der Waals surface area (Å²) in [5.41, 5.74) is 0. The van der Waals surface area contributed by atoms with Crippen LogP contribution in [0.25, 0.3) is 0 Å². The maximum atomic E-state index is 11.9. The van der Waals surface area contributed by atoms with E-state index in [1.807, 2.05) is 11.8 Å². The highest BCUT2D eigenvalue weighted by molar-refractivity contribution is 5.85. The van der Waals surface area contributed by atoms with E-state index in [1.165, 1.54) is 0 Å². The molecule has 0 spiro atoms. The molecule has 1 fully saturated rings. The zero-order chi connectivity index (χ0) is 10.6. The largest absolute Gasteiger partial charge is 0.384 e. The van der Waals surface area contributed by atoms with Crippen molar-refractivity contribution in [2.75, 3.05) is 33.4 Å². The first kappa shape index (κ1) is 14.7. The predicted molar refractivity (Wildman–Crippen MR) is 62.3 cm³/mol. The van der Waals surface area contributed by atoms with Crippen molar-refractivity contribution in [3.63, 3.8) is 0 Å². The molecule has 0 radical (unpaired) electrons. The second-order valence-corrected chi connectivity index (χ2v) is 3.94. The molecular formula is C10H21ClN2O2. The van der Waals surface area contributed by atoms with Crippen LogP contribution < -0.4 is 5.32 Å². The first-order valence-electron chi connectivity index (χ1n) is 5.17. The molecule has 2 atom stereocenters. The molecule has 4 nitrogen and oxygen atoms in total. The number of carbonyl (C=O) groups excluding carboxylic acids is 1. The van der Waals surface area contributed by atoms with E-state index in [9.17, 15) is 4.79 Å². The number of rotatable bonds is 3. The highest BCUT2D eigenvalue weighted by atomic mass is 35.5. The minimum Gasteiger partial charge on any atom is -0.384 e. The minimum absolute atomic E-state index is 0. The predicted octanol–water partition coefficient (Wildman–Crippen LogP) is 0.511. The third-order valence-corrected chi connectivity index (χ3v) is 2.62. The van der Waals surface area contributed by atoms with Crippen molar-refractivity contribution in [2.45, 2.75) is 19.9 Å². The number of hydrogen-bond donors (Lipinski definition) is 1. The molecule has 0 saturated carbocycles. The molecule has 15 heavy (non-hydrogen) atoms. The first-order chi connectivity index (χ1) is 6.66. The minimum atomic E-state index is -0.0273. The van der Waals surface area contributed by atoms with Crippen LogP contribution in [0.5, 0.6) is 0 Å². The van der Waals surface area contributed by atoms with Gasteiger partial charge in [0.25, 0.3) is 0 Å². The van der Waals surface area contributed by atoms with E-state index in [0.717, 1.165) is 19.6 Å². The van der Waals surface area contributed by atoms with Crippen molar-refractivity contribution in [3.05, 3.63) is 0 Å². The molecule has 1 aliphatic rings. The van der Waals surface area contributed by atoms with Crippen LogP contribution in [0.3, 0.4) is 0 Å². The topological polar surface area (TPSA) is 41.6 Å². The molecule has 5 heteroatoms. The van der Waals surface area contributed by atoms with Crippen LogP contribution in [0.4, 0.5) is 0 Å². The van der Waals surface area contributed by atoms with E-state index in [1.54, 1.807) is 7.11 Å². The number of amides is 1. The third-order valence-electron chi connectivity index (χ3n) is 2.62. The van der Waals surface area contributed by atoms with Gasteiger partial charge in [0.2, 0.25) is 5.91 Å². The lowest BCUT2D eigenvalue weighted by molar-refractivity contribution is -0.139. The molecule has 1 amide bonds. The van der Waals surface area contributed by atoms with Gasteiger partial charge in [-0.15, -0.1) is 12.4 Å². The summed E-state index contributed by atoms with van der Waals surface area (Å²) in [5.74, 6) is 0.182. The van der Waals surface area contributed by atoms with Crippen LogP contribution in [0.2, 0.25) is 0 Å². The van der Waals surface area contributed by atoms with Crippen molar-refractivity contribution in [2.24, 2.45) is 5.92 Å². The summed E-state index contributed by atoms with van der Waals surface area (Å²) in [6, 6.07) is 0.301. The highest BCUT2D eigenvalue weighted by Gasteiger charge is 2.26. The van der Waals surface area contributed by atoms with Crippen molar-refractivity contribution < 1.29 is 9.53 Å². The Morgan fingerprint density at radius 1 is 1.67 bits per heavy atom. The second-order valence-electron chi connectivity index (χ2n) is 3.94. The molecule has 0 aliphatic carbocycles. The van der Waals surface area contributed by atoms with Crippen molar-refractivity contribution >= 4 is 18.3 Å². The maximum Gasteiger partial charge on any atom is 0.228 e. The Kier molecular flexibility index (Phi) is 6.89. The van der Waals surface area contributed by atoms with Crippen LogP contribution >= 0.6 is 12.4 Å². The molecule has 1 unspecified atom stereocenters. The van der Waals surface area contributed by atoms with Gasteiger partial charge in [0, 0.05) is 32.8 Å². The molecule has 1 rings (SSSR count). The zero-order valence-corrected chi connectivity index (χ0v) is 10.5. The molecule has 0 bridgehead atoms. The van der Waals surface area contributed by atoms with Gasteiger partial charge in [0.05, 0.1) is 12.5 Å². The summed E-state index contributed by atoms with van der Waals surface area (Å²) >= 11 is 0. The molecule has 0 aromatic rings. The molecule has 1 N–H and O–H groups in total. The summed E-state index contributed by atoms with van der Waals surface area (Å²) in [5, 5.41) is 3.27. The number of carbonyl (C=O) groups is 1. The van der Waals surface area contributed by atoms with E-state index in [4.69, 9.17) is 4.74 Å². The smallest absolute Gasteiger partial charge is 0.228 e. The quantitative estimate of drug-likeness (QED) is 0.777. The monoisotopic (exact) mass is 236 g/mol. The average molecular weight is 237 g/mol. The van der Waals surface area contributed by atoms with E-state index >= 15 is 0 Å². The number of ether oxygens (including phenoxy) is 1. The fourth-order valence-corrected chi connectivity index (χ4v) is 1.77. The molecule has 1 saturated heterocycles. The van der Waals surface area contributed by atoms with Gasteiger partial charge in [-0.2, -0.15) is 0 Å². The van der Waals surface area contributed by atoms with Gasteiger partial charge in [-0.25, -0.2) is 0 Å². The van der Waals surface area contributed by atoms with Crippen LogP contribution in [0, 0.1) is 5.92 Å². The van der Waals surface area contributed by atoms with Crippen molar-refractivity contribution in [3.8, 4) is 0 Å². The molecule has 1 heterocycles. The third kappa shape index (κ3) is 3.97. The first-order valence-corrected chi connectivity index (χ1v) is 5.17. The van der Waals surface area contributed by atoms with Gasteiger partial charge in [-0.05, 0) is 6.92 Å². The SMILES string of the molecule is COCC(C)C(=O)N1CCNC[C@H]1C.Cl. The Morgan fingerprint density at radius 3 is 2.87 bits per heavy atom. The fourth-order valence-electron chi connectivity index (χ4n) is 1.77. The molecule has 1 aliphatic heterocycles. The van der Waals surface area contributed by atoms with Crippen molar-refractivity contribution in [1.29, 1.82) is 0 Å². The summed E-state index contributed by atoms with van der Waals surface area (Å²) in [6.45, 7) is 7.11. The Bertz CT molecular complexity index is 202. The fraction of sp³-hybridized carbons (Fsp3) is 0.900.